The number of benzene rings is 3. The minimum absolute atomic E-state index is 0.0655. The molecule has 0 aliphatic rings. The molecule has 0 saturated carbocycles. The first-order valence-corrected chi connectivity index (χ1v) is 9.51. The molecule has 7 N–H and O–H groups in total. The summed E-state index contributed by atoms with van der Waals surface area (Å²) in [5.41, 5.74) is 15.6. The van der Waals surface area contributed by atoms with Crippen molar-refractivity contribution in [3.63, 3.8) is 0 Å². The SMILES string of the molecule is N=C(N)c1ccc(Sc2ccc(-c3cc4ccc(C(=N)N)cc4[nH]3)cc2)cc1. The van der Waals surface area contributed by atoms with Crippen molar-refractivity contribution < 1.29 is 0 Å². The van der Waals surface area contributed by atoms with Gasteiger partial charge in [-0.2, -0.15) is 0 Å². The Morgan fingerprint density at radius 1 is 0.714 bits per heavy atom. The summed E-state index contributed by atoms with van der Waals surface area (Å²) in [7, 11) is 0. The normalized spacial score (nSPS) is 10.9. The maximum Gasteiger partial charge on any atom is 0.122 e. The molecule has 1 heterocycles. The van der Waals surface area contributed by atoms with E-state index in [4.69, 9.17) is 22.3 Å². The minimum Gasteiger partial charge on any atom is -0.384 e. The van der Waals surface area contributed by atoms with Crippen molar-refractivity contribution >= 4 is 34.3 Å². The Labute approximate surface area is 166 Å². The number of fused-ring (bicyclic) bond motifs is 1. The highest BCUT2D eigenvalue weighted by Crippen LogP contribution is 2.31. The smallest absolute Gasteiger partial charge is 0.122 e. The third kappa shape index (κ3) is 3.63. The largest absolute Gasteiger partial charge is 0.384 e. The van der Waals surface area contributed by atoms with E-state index in [1.54, 1.807) is 11.8 Å². The molecule has 138 valence electrons. The van der Waals surface area contributed by atoms with Gasteiger partial charge in [0.2, 0.25) is 0 Å². The van der Waals surface area contributed by atoms with Gasteiger partial charge in [-0.05, 0) is 42.0 Å². The summed E-state index contributed by atoms with van der Waals surface area (Å²) in [6, 6.07) is 23.8. The summed E-state index contributed by atoms with van der Waals surface area (Å²) >= 11 is 1.66. The lowest BCUT2D eigenvalue weighted by Gasteiger charge is -2.05. The van der Waals surface area contributed by atoms with Gasteiger partial charge in [0.05, 0.1) is 0 Å². The number of hydrogen-bond acceptors (Lipinski definition) is 3. The van der Waals surface area contributed by atoms with E-state index in [0.29, 0.717) is 5.56 Å². The van der Waals surface area contributed by atoms with Crippen molar-refractivity contribution in [2.24, 2.45) is 11.5 Å². The molecule has 3 aromatic carbocycles. The van der Waals surface area contributed by atoms with Gasteiger partial charge in [-0.1, -0.05) is 48.2 Å². The van der Waals surface area contributed by atoms with Crippen LogP contribution in [0.2, 0.25) is 0 Å². The standard InChI is InChI=1S/C22H19N5S/c23-21(24)14-5-9-18(10-6-14)28-17-7-3-13(4-8-17)19-11-15-1-2-16(22(25)26)12-20(15)27-19/h1-12,27H,(H3,23,24)(H3,25,26). The van der Waals surface area contributed by atoms with Crippen molar-refractivity contribution in [2.45, 2.75) is 9.79 Å². The zero-order chi connectivity index (χ0) is 19.7. The Bertz CT molecular complexity index is 1170. The van der Waals surface area contributed by atoms with Gasteiger partial charge in [0.15, 0.2) is 0 Å². The molecule has 0 spiro atoms. The van der Waals surface area contributed by atoms with Gasteiger partial charge in [0.1, 0.15) is 11.7 Å². The Hall–Kier alpha value is -3.51. The number of rotatable bonds is 5. The first-order valence-electron chi connectivity index (χ1n) is 8.69. The van der Waals surface area contributed by atoms with Crippen LogP contribution in [0.3, 0.4) is 0 Å². The average Bonchev–Trinajstić information content (AvgIpc) is 3.12. The summed E-state index contributed by atoms with van der Waals surface area (Å²) in [6.45, 7) is 0. The highest BCUT2D eigenvalue weighted by molar-refractivity contribution is 7.99. The number of nitrogens with one attached hydrogen (secondary N) is 3. The maximum absolute atomic E-state index is 7.57. The Morgan fingerprint density at radius 2 is 1.29 bits per heavy atom. The number of aromatic amines is 1. The summed E-state index contributed by atoms with van der Waals surface area (Å²) in [4.78, 5) is 5.63. The number of aromatic nitrogens is 1. The van der Waals surface area contributed by atoms with E-state index in [0.717, 1.165) is 37.5 Å². The quantitative estimate of drug-likeness (QED) is 0.256. The molecular formula is C22H19N5S. The first-order chi connectivity index (χ1) is 13.5. The Morgan fingerprint density at radius 3 is 1.89 bits per heavy atom. The van der Waals surface area contributed by atoms with Crippen LogP contribution in [-0.4, -0.2) is 16.7 Å². The second-order valence-electron chi connectivity index (χ2n) is 6.46. The van der Waals surface area contributed by atoms with Gasteiger partial charge in [-0.25, -0.2) is 0 Å². The number of hydrogen-bond donors (Lipinski definition) is 5. The third-order valence-corrected chi connectivity index (χ3v) is 5.52. The predicted molar refractivity (Wildman–Crippen MR) is 116 cm³/mol. The summed E-state index contributed by atoms with van der Waals surface area (Å²) < 4.78 is 0. The lowest BCUT2D eigenvalue weighted by atomic mass is 10.1. The average molecular weight is 385 g/mol. The van der Waals surface area contributed by atoms with Gasteiger partial charge in [-0.15, -0.1) is 0 Å². The monoisotopic (exact) mass is 385 g/mol. The van der Waals surface area contributed by atoms with Gasteiger partial charge in [0.25, 0.3) is 0 Å². The summed E-state index contributed by atoms with van der Waals surface area (Å²) in [5, 5.41) is 16.1. The Kier molecular flexibility index (Phi) is 4.63. The van der Waals surface area contributed by atoms with E-state index < -0.39 is 0 Å². The van der Waals surface area contributed by atoms with E-state index in [1.165, 1.54) is 0 Å². The fourth-order valence-electron chi connectivity index (χ4n) is 2.99. The highest BCUT2D eigenvalue weighted by atomic mass is 32.2. The van der Waals surface area contributed by atoms with E-state index in [2.05, 4.69) is 35.3 Å². The first kappa shape index (κ1) is 17.9. The number of H-pyrrole nitrogens is 1. The van der Waals surface area contributed by atoms with Crippen LogP contribution in [0.15, 0.2) is 82.6 Å². The van der Waals surface area contributed by atoms with Crippen molar-refractivity contribution in [1.29, 1.82) is 10.8 Å². The van der Waals surface area contributed by atoms with Crippen LogP contribution in [0.4, 0.5) is 0 Å². The fourth-order valence-corrected chi connectivity index (χ4v) is 3.81. The molecule has 0 fully saturated rings. The highest BCUT2D eigenvalue weighted by Gasteiger charge is 2.06. The van der Waals surface area contributed by atoms with Crippen LogP contribution >= 0.6 is 11.8 Å². The van der Waals surface area contributed by atoms with Crippen molar-refractivity contribution in [3.8, 4) is 11.3 Å². The Balaban J connectivity index is 1.55. The lowest BCUT2D eigenvalue weighted by molar-refractivity contribution is 1.37. The van der Waals surface area contributed by atoms with Gasteiger partial charge in [-0.3, -0.25) is 10.8 Å². The zero-order valence-corrected chi connectivity index (χ0v) is 15.8. The number of nitrogens with two attached hydrogens (primary N) is 2. The molecule has 0 atom stereocenters. The van der Waals surface area contributed by atoms with E-state index in [9.17, 15) is 0 Å². The molecule has 0 amide bonds. The van der Waals surface area contributed by atoms with Gasteiger partial charge in [0, 0.05) is 37.5 Å². The fraction of sp³-hybridized carbons (Fsp3) is 0. The van der Waals surface area contributed by atoms with Crippen LogP contribution in [0.25, 0.3) is 22.2 Å². The van der Waals surface area contributed by atoms with Crippen molar-refractivity contribution in [2.75, 3.05) is 0 Å². The summed E-state index contributed by atoms with van der Waals surface area (Å²) in [6.07, 6.45) is 0. The molecule has 4 rings (SSSR count). The molecule has 6 heteroatoms. The number of nitrogen functional groups attached to an aromatic ring is 2. The molecule has 0 aliphatic carbocycles. The summed E-state index contributed by atoms with van der Waals surface area (Å²) in [5.74, 6) is 0.144. The van der Waals surface area contributed by atoms with Crippen molar-refractivity contribution in [1.82, 2.24) is 4.98 Å². The molecule has 28 heavy (non-hydrogen) atoms. The molecular weight excluding hydrogens is 366 g/mol. The second kappa shape index (κ2) is 7.25. The van der Waals surface area contributed by atoms with E-state index in [1.807, 2.05) is 42.5 Å². The minimum atomic E-state index is 0.0655. The third-order valence-electron chi connectivity index (χ3n) is 4.50. The van der Waals surface area contributed by atoms with Gasteiger partial charge >= 0.3 is 0 Å². The molecule has 0 aliphatic heterocycles. The maximum atomic E-state index is 7.57. The molecule has 0 bridgehead atoms. The topological polar surface area (TPSA) is 116 Å². The van der Waals surface area contributed by atoms with Crippen LogP contribution in [0.1, 0.15) is 11.1 Å². The molecule has 5 nitrogen and oxygen atoms in total. The van der Waals surface area contributed by atoms with Crippen LogP contribution in [0.5, 0.6) is 0 Å². The van der Waals surface area contributed by atoms with E-state index >= 15 is 0 Å². The molecule has 0 unspecified atom stereocenters. The van der Waals surface area contributed by atoms with Gasteiger partial charge < -0.3 is 16.5 Å². The molecule has 4 aromatic rings. The number of amidine groups is 2. The van der Waals surface area contributed by atoms with Crippen LogP contribution < -0.4 is 11.5 Å². The van der Waals surface area contributed by atoms with Crippen molar-refractivity contribution in [3.05, 3.63) is 83.9 Å². The van der Waals surface area contributed by atoms with Crippen LogP contribution in [0, 0.1) is 10.8 Å². The molecule has 1 aromatic heterocycles. The zero-order valence-electron chi connectivity index (χ0n) is 15.0. The molecule has 0 radical (unpaired) electrons. The molecule has 0 saturated heterocycles. The van der Waals surface area contributed by atoms with E-state index in [-0.39, 0.29) is 11.7 Å². The van der Waals surface area contributed by atoms with Crippen LogP contribution in [-0.2, 0) is 0 Å². The lowest BCUT2D eigenvalue weighted by Crippen LogP contribution is -2.10. The predicted octanol–water partition coefficient (Wildman–Crippen LogP) is 4.55. The second-order valence-corrected chi connectivity index (χ2v) is 7.61.